The van der Waals surface area contributed by atoms with Gasteiger partial charge in [0.1, 0.15) is 6.04 Å². The van der Waals surface area contributed by atoms with Crippen LogP contribution >= 0.6 is 0 Å². The van der Waals surface area contributed by atoms with Crippen LogP contribution in [0.25, 0.3) is 0 Å². The minimum absolute atomic E-state index is 0.0259. The van der Waals surface area contributed by atoms with E-state index in [-0.39, 0.29) is 4.90 Å². The maximum atomic E-state index is 12.6. The summed E-state index contributed by atoms with van der Waals surface area (Å²) in [6.45, 7) is 3.34. The summed E-state index contributed by atoms with van der Waals surface area (Å²) in [7, 11) is -3.94. The van der Waals surface area contributed by atoms with Crippen molar-refractivity contribution in [1.82, 2.24) is 4.72 Å². The first kappa shape index (κ1) is 20.6. The molecular weight excluding hydrogens is 368 g/mol. The SMILES string of the molecule is CC(C)[C@H](NS(=O)(=O)c1ccccc1)C(=O)OC(C(N)=O)c1ccccc1. The van der Waals surface area contributed by atoms with E-state index in [1.54, 1.807) is 62.4 Å². The van der Waals surface area contributed by atoms with E-state index in [9.17, 15) is 18.0 Å². The topological polar surface area (TPSA) is 116 Å². The standard InChI is InChI=1S/C19H22N2O5S/c1-13(2)16(21-27(24,25)15-11-7-4-8-12-15)19(23)26-17(18(20)22)14-9-5-3-6-10-14/h3-13,16-17,21H,1-2H3,(H2,20,22)/t16-,17?/m0/s1. The van der Waals surface area contributed by atoms with Crippen molar-refractivity contribution in [2.75, 3.05) is 0 Å². The fourth-order valence-electron chi connectivity index (χ4n) is 2.40. The molecule has 1 unspecified atom stereocenters. The highest BCUT2D eigenvalue weighted by atomic mass is 32.2. The lowest BCUT2D eigenvalue weighted by molar-refractivity contribution is -0.158. The molecule has 7 nitrogen and oxygen atoms in total. The van der Waals surface area contributed by atoms with Gasteiger partial charge >= 0.3 is 5.97 Å². The molecule has 0 aliphatic heterocycles. The Balaban J connectivity index is 2.23. The lowest BCUT2D eigenvalue weighted by Crippen LogP contribution is -2.46. The molecule has 0 bridgehead atoms. The van der Waals surface area contributed by atoms with Gasteiger partial charge in [0.15, 0.2) is 0 Å². The summed E-state index contributed by atoms with van der Waals surface area (Å²) in [5.74, 6) is -2.14. The second-order valence-electron chi connectivity index (χ2n) is 6.29. The summed E-state index contributed by atoms with van der Waals surface area (Å²) in [6.07, 6.45) is -1.30. The van der Waals surface area contributed by atoms with E-state index in [4.69, 9.17) is 10.5 Å². The predicted octanol–water partition coefficient (Wildman–Crippen LogP) is 1.76. The summed E-state index contributed by atoms with van der Waals surface area (Å²) in [5.41, 5.74) is 5.77. The number of carbonyl (C=O) groups is 2. The minimum atomic E-state index is -3.94. The fraction of sp³-hybridized carbons (Fsp3) is 0.263. The second kappa shape index (κ2) is 8.79. The number of nitrogens with two attached hydrogens (primary N) is 1. The normalized spacial score (nSPS) is 13.7. The number of benzene rings is 2. The van der Waals surface area contributed by atoms with Crippen molar-refractivity contribution in [3.05, 3.63) is 66.2 Å². The molecule has 2 rings (SSSR count). The number of amides is 1. The summed E-state index contributed by atoms with van der Waals surface area (Å²) < 4.78 is 32.7. The van der Waals surface area contributed by atoms with Crippen LogP contribution in [0.2, 0.25) is 0 Å². The Morgan fingerprint density at radius 1 is 0.963 bits per heavy atom. The molecule has 27 heavy (non-hydrogen) atoms. The van der Waals surface area contributed by atoms with Crippen LogP contribution in [-0.2, 0) is 24.3 Å². The van der Waals surface area contributed by atoms with Crippen LogP contribution in [0.1, 0.15) is 25.5 Å². The van der Waals surface area contributed by atoms with Crippen LogP contribution in [0, 0.1) is 5.92 Å². The number of primary amides is 1. The van der Waals surface area contributed by atoms with E-state index in [0.29, 0.717) is 5.56 Å². The number of nitrogens with one attached hydrogen (secondary N) is 1. The van der Waals surface area contributed by atoms with Crippen molar-refractivity contribution in [3.63, 3.8) is 0 Å². The molecule has 0 saturated heterocycles. The Labute approximate surface area is 158 Å². The molecule has 144 valence electrons. The largest absolute Gasteiger partial charge is 0.446 e. The number of sulfonamides is 1. The zero-order chi connectivity index (χ0) is 20.0. The van der Waals surface area contributed by atoms with Crippen LogP contribution in [0.3, 0.4) is 0 Å². The van der Waals surface area contributed by atoms with Gasteiger partial charge in [0.25, 0.3) is 5.91 Å². The van der Waals surface area contributed by atoms with Gasteiger partial charge in [-0.2, -0.15) is 4.72 Å². The zero-order valence-electron chi connectivity index (χ0n) is 15.0. The molecule has 0 radical (unpaired) electrons. The lowest BCUT2D eigenvalue weighted by atomic mass is 10.1. The number of ether oxygens (including phenoxy) is 1. The number of rotatable bonds is 8. The van der Waals surface area contributed by atoms with Gasteiger partial charge in [-0.05, 0) is 18.1 Å². The quantitative estimate of drug-likeness (QED) is 0.667. The van der Waals surface area contributed by atoms with Crippen molar-refractivity contribution >= 4 is 21.9 Å². The average molecular weight is 390 g/mol. The molecule has 3 N–H and O–H groups in total. The van der Waals surface area contributed by atoms with Crippen LogP contribution in [0.15, 0.2) is 65.6 Å². The smallest absolute Gasteiger partial charge is 0.325 e. The minimum Gasteiger partial charge on any atom is -0.446 e. The van der Waals surface area contributed by atoms with Gasteiger partial charge in [0.2, 0.25) is 16.1 Å². The van der Waals surface area contributed by atoms with Crippen molar-refractivity contribution in [2.24, 2.45) is 11.7 Å². The zero-order valence-corrected chi connectivity index (χ0v) is 15.8. The van der Waals surface area contributed by atoms with Gasteiger partial charge < -0.3 is 10.5 Å². The number of hydrogen-bond acceptors (Lipinski definition) is 5. The molecule has 0 heterocycles. The highest BCUT2D eigenvalue weighted by Gasteiger charge is 2.33. The highest BCUT2D eigenvalue weighted by Crippen LogP contribution is 2.20. The third-order valence-corrected chi connectivity index (χ3v) is 5.31. The summed E-state index contributed by atoms with van der Waals surface area (Å²) in [4.78, 5) is 24.4. The lowest BCUT2D eigenvalue weighted by Gasteiger charge is -2.23. The molecule has 0 fully saturated rings. The van der Waals surface area contributed by atoms with E-state index < -0.39 is 40.0 Å². The maximum absolute atomic E-state index is 12.6. The monoisotopic (exact) mass is 390 g/mol. The Bertz CT molecular complexity index is 883. The first-order valence-electron chi connectivity index (χ1n) is 8.34. The number of hydrogen-bond donors (Lipinski definition) is 2. The fourth-order valence-corrected chi connectivity index (χ4v) is 3.75. The summed E-state index contributed by atoms with van der Waals surface area (Å²) >= 11 is 0. The van der Waals surface area contributed by atoms with E-state index in [0.717, 1.165) is 0 Å². The molecular formula is C19H22N2O5S. The van der Waals surface area contributed by atoms with Gasteiger partial charge in [-0.1, -0.05) is 62.4 Å². The van der Waals surface area contributed by atoms with Crippen molar-refractivity contribution < 1.29 is 22.7 Å². The van der Waals surface area contributed by atoms with Gasteiger partial charge in [-0.3, -0.25) is 9.59 Å². The molecule has 1 amide bonds. The summed E-state index contributed by atoms with van der Waals surface area (Å²) in [5, 5.41) is 0. The van der Waals surface area contributed by atoms with Gasteiger partial charge in [0, 0.05) is 5.56 Å². The highest BCUT2D eigenvalue weighted by molar-refractivity contribution is 7.89. The maximum Gasteiger partial charge on any atom is 0.325 e. The third kappa shape index (κ3) is 5.38. The molecule has 0 aliphatic carbocycles. The first-order chi connectivity index (χ1) is 12.7. The average Bonchev–Trinajstić information content (AvgIpc) is 2.65. The van der Waals surface area contributed by atoms with E-state index >= 15 is 0 Å². The van der Waals surface area contributed by atoms with Gasteiger partial charge in [-0.25, -0.2) is 8.42 Å². The Kier molecular flexibility index (Phi) is 6.70. The van der Waals surface area contributed by atoms with Crippen LogP contribution < -0.4 is 10.5 Å². The predicted molar refractivity (Wildman–Crippen MR) is 99.9 cm³/mol. The molecule has 2 aromatic carbocycles. The van der Waals surface area contributed by atoms with Crippen LogP contribution in [0.5, 0.6) is 0 Å². The number of carbonyl (C=O) groups excluding carboxylic acids is 2. The molecule has 0 aromatic heterocycles. The van der Waals surface area contributed by atoms with Crippen molar-refractivity contribution in [2.45, 2.75) is 30.9 Å². The van der Waals surface area contributed by atoms with E-state index in [2.05, 4.69) is 4.72 Å². The van der Waals surface area contributed by atoms with Crippen LogP contribution in [-0.4, -0.2) is 26.3 Å². The van der Waals surface area contributed by atoms with E-state index in [1.807, 2.05) is 0 Å². The molecule has 2 atom stereocenters. The van der Waals surface area contributed by atoms with E-state index in [1.165, 1.54) is 12.1 Å². The van der Waals surface area contributed by atoms with Gasteiger partial charge in [-0.15, -0.1) is 0 Å². The third-order valence-electron chi connectivity index (χ3n) is 3.85. The molecule has 8 heteroatoms. The molecule has 0 spiro atoms. The summed E-state index contributed by atoms with van der Waals surface area (Å²) in [6, 6.07) is 14.8. The van der Waals surface area contributed by atoms with Gasteiger partial charge in [0.05, 0.1) is 4.90 Å². The molecule has 2 aromatic rings. The van der Waals surface area contributed by atoms with Crippen molar-refractivity contribution in [3.8, 4) is 0 Å². The van der Waals surface area contributed by atoms with Crippen molar-refractivity contribution in [1.29, 1.82) is 0 Å². The first-order valence-corrected chi connectivity index (χ1v) is 9.83. The number of esters is 1. The Morgan fingerprint density at radius 3 is 1.96 bits per heavy atom. The second-order valence-corrected chi connectivity index (χ2v) is 8.00. The van der Waals surface area contributed by atoms with Crippen LogP contribution in [0.4, 0.5) is 0 Å². The molecule has 0 aliphatic rings. The molecule has 0 saturated carbocycles. The Morgan fingerprint density at radius 2 is 1.48 bits per heavy atom. The Hall–Kier alpha value is -2.71.